The maximum Gasteiger partial charge on any atom is 0.0501 e. The Labute approximate surface area is 127 Å². The Morgan fingerprint density at radius 2 is 1.47 bits per heavy atom. The van der Waals surface area contributed by atoms with Crippen molar-refractivity contribution in [3.8, 4) is 0 Å². The molecule has 0 radical (unpaired) electrons. The zero-order valence-electron chi connectivity index (χ0n) is 10.0. The van der Waals surface area contributed by atoms with Gasteiger partial charge in [0.05, 0.1) is 6.04 Å². The van der Waals surface area contributed by atoms with Crippen LogP contribution in [0.3, 0.4) is 0 Å². The maximum absolute atomic E-state index is 6.00. The number of hydrazine groups is 1. The first-order valence-electron chi connectivity index (χ1n) is 5.75. The van der Waals surface area contributed by atoms with E-state index in [2.05, 4.69) is 5.43 Å². The molecule has 5 heteroatoms. The van der Waals surface area contributed by atoms with Crippen LogP contribution >= 0.6 is 34.8 Å². The average Bonchev–Trinajstić information content (AvgIpc) is 2.37. The van der Waals surface area contributed by atoms with Gasteiger partial charge in [-0.3, -0.25) is 11.3 Å². The van der Waals surface area contributed by atoms with Crippen LogP contribution in [-0.2, 0) is 6.42 Å². The lowest BCUT2D eigenvalue weighted by atomic mass is 9.99. The molecule has 2 aromatic rings. The van der Waals surface area contributed by atoms with Gasteiger partial charge in [0.15, 0.2) is 0 Å². The monoisotopic (exact) mass is 314 g/mol. The number of hydrogen-bond donors (Lipinski definition) is 2. The lowest BCUT2D eigenvalue weighted by Crippen LogP contribution is -2.29. The second-order valence-electron chi connectivity index (χ2n) is 4.25. The summed E-state index contributed by atoms with van der Waals surface area (Å²) in [5.74, 6) is 5.62. The van der Waals surface area contributed by atoms with Crippen molar-refractivity contribution in [1.29, 1.82) is 0 Å². The number of hydrogen-bond acceptors (Lipinski definition) is 2. The Bertz CT molecular complexity index is 535. The first-order chi connectivity index (χ1) is 9.08. The predicted molar refractivity (Wildman–Crippen MR) is 81.7 cm³/mol. The summed E-state index contributed by atoms with van der Waals surface area (Å²) in [5, 5.41) is 1.91. The Morgan fingerprint density at radius 1 is 0.895 bits per heavy atom. The number of nitrogens with one attached hydrogen (secondary N) is 1. The molecule has 1 atom stereocenters. The van der Waals surface area contributed by atoms with Gasteiger partial charge >= 0.3 is 0 Å². The molecular formula is C14H13Cl3N2. The predicted octanol–water partition coefficient (Wildman–Crippen LogP) is 4.39. The van der Waals surface area contributed by atoms with Crippen molar-refractivity contribution in [3.05, 3.63) is 68.7 Å². The molecule has 100 valence electrons. The van der Waals surface area contributed by atoms with E-state index in [1.165, 1.54) is 0 Å². The zero-order valence-corrected chi connectivity index (χ0v) is 12.3. The van der Waals surface area contributed by atoms with Crippen LogP contribution in [0.4, 0.5) is 0 Å². The highest BCUT2D eigenvalue weighted by molar-refractivity contribution is 6.34. The largest absolute Gasteiger partial charge is 0.271 e. The van der Waals surface area contributed by atoms with Gasteiger partial charge in [0, 0.05) is 15.1 Å². The van der Waals surface area contributed by atoms with Crippen molar-refractivity contribution in [1.82, 2.24) is 5.43 Å². The molecule has 3 N–H and O–H groups in total. The van der Waals surface area contributed by atoms with Crippen LogP contribution in [0.15, 0.2) is 42.5 Å². The van der Waals surface area contributed by atoms with Gasteiger partial charge in [-0.2, -0.15) is 0 Å². The normalized spacial score (nSPS) is 12.4. The van der Waals surface area contributed by atoms with Gasteiger partial charge in [-0.1, -0.05) is 46.9 Å². The van der Waals surface area contributed by atoms with Crippen LogP contribution < -0.4 is 11.3 Å². The van der Waals surface area contributed by atoms with Crippen molar-refractivity contribution in [2.45, 2.75) is 12.5 Å². The third kappa shape index (κ3) is 4.10. The van der Waals surface area contributed by atoms with E-state index >= 15 is 0 Å². The van der Waals surface area contributed by atoms with E-state index in [0.29, 0.717) is 15.1 Å². The van der Waals surface area contributed by atoms with Crippen molar-refractivity contribution in [2.75, 3.05) is 0 Å². The van der Waals surface area contributed by atoms with E-state index in [-0.39, 0.29) is 6.04 Å². The van der Waals surface area contributed by atoms with E-state index in [9.17, 15) is 0 Å². The molecule has 2 nitrogen and oxygen atoms in total. The first-order valence-corrected chi connectivity index (χ1v) is 6.88. The summed E-state index contributed by atoms with van der Waals surface area (Å²) in [6.45, 7) is 0. The summed E-state index contributed by atoms with van der Waals surface area (Å²) in [5.41, 5.74) is 4.87. The van der Waals surface area contributed by atoms with Crippen molar-refractivity contribution >= 4 is 34.8 Å². The first kappa shape index (κ1) is 14.6. The molecule has 0 saturated heterocycles. The fourth-order valence-corrected chi connectivity index (χ4v) is 2.57. The number of benzene rings is 2. The van der Waals surface area contributed by atoms with Gasteiger partial charge in [-0.15, -0.1) is 0 Å². The van der Waals surface area contributed by atoms with E-state index < -0.39 is 0 Å². The SMILES string of the molecule is NNC(Cc1ccc(Cl)cc1)c1cc(Cl)cc(Cl)c1. The minimum absolute atomic E-state index is 0.0580. The van der Waals surface area contributed by atoms with Crippen molar-refractivity contribution in [3.63, 3.8) is 0 Å². The van der Waals surface area contributed by atoms with Crippen LogP contribution in [0.25, 0.3) is 0 Å². The van der Waals surface area contributed by atoms with E-state index in [1.54, 1.807) is 6.07 Å². The molecule has 2 rings (SSSR count). The minimum atomic E-state index is -0.0580. The highest BCUT2D eigenvalue weighted by Crippen LogP contribution is 2.25. The highest BCUT2D eigenvalue weighted by atomic mass is 35.5. The molecule has 1 unspecified atom stereocenters. The smallest absolute Gasteiger partial charge is 0.0501 e. The quantitative estimate of drug-likeness (QED) is 0.648. The van der Waals surface area contributed by atoms with Gasteiger partial charge < -0.3 is 0 Å². The lowest BCUT2D eigenvalue weighted by molar-refractivity contribution is 0.552. The summed E-state index contributed by atoms with van der Waals surface area (Å²) >= 11 is 17.9. The molecule has 0 fully saturated rings. The van der Waals surface area contributed by atoms with Crippen LogP contribution in [0, 0.1) is 0 Å². The maximum atomic E-state index is 6.00. The molecule has 0 aliphatic carbocycles. The molecule has 0 amide bonds. The Morgan fingerprint density at radius 3 is 2.00 bits per heavy atom. The number of halogens is 3. The Balaban J connectivity index is 2.22. The molecule has 19 heavy (non-hydrogen) atoms. The standard InChI is InChI=1S/C14H13Cl3N2/c15-11-3-1-9(2-4-11)5-14(19-18)10-6-12(16)8-13(17)7-10/h1-4,6-8,14,19H,5,18H2. The van der Waals surface area contributed by atoms with Gasteiger partial charge in [0.1, 0.15) is 0 Å². The molecule has 0 bridgehead atoms. The highest BCUT2D eigenvalue weighted by Gasteiger charge is 2.12. The second-order valence-corrected chi connectivity index (χ2v) is 5.56. The van der Waals surface area contributed by atoms with Crippen LogP contribution in [-0.4, -0.2) is 0 Å². The summed E-state index contributed by atoms with van der Waals surface area (Å²) in [6, 6.07) is 13.0. The van der Waals surface area contributed by atoms with Crippen LogP contribution in [0.1, 0.15) is 17.2 Å². The van der Waals surface area contributed by atoms with Crippen molar-refractivity contribution < 1.29 is 0 Å². The fourth-order valence-electron chi connectivity index (χ4n) is 1.91. The number of rotatable bonds is 4. The third-order valence-electron chi connectivity index (χ3n) is 2.84. The molecule has 0 saturated carbocycles. The molecule has 0 heterocycles. The van der Waals surface area contributed by atoms with Gasteiger partial charge in [-0.05, 0) is 47.9 Å². The van der Waals surface area contributed by atoms with Gasteiger partial charge in [0.2, 0.25) is 0 Å². The average molecular weight is 316 g/mol. The van der Waals surface area contributed by atoms with E-state index in [1.807, 2.05) is 36.4 Å². The summed E-state index contributed by atoms with van der Waals surface area (Å²) in [6.07, 6.45) is 0.727. The number of nitrogens with two attached hydrogens (primary N) is 1. The summed E-state index contributed by atoms with van der Waals surface area (Å²) in [7, 11) is 0. The van der Waals surface area contributed by atoms with Crippen LogP contribution in [0.5, 0.6) is 0 Å². The van der Waals surface area contributed by atoms with Crippen molar-refractivity contribution in [2.24, 2.45) is 5.84 Å². The third-order valence-corrected chi connectivity index (χ3v) is 3.53. The molecule has 0 aliphatic rings. The summed E-state index contributed by atoms with van der Waals surface area (Å²) in [4.78, 5) is 0. The van der Waals surface area contributed by atoms with E-state index in [0.717, 1.165) is 17.5 Å². The molecule has 0 aromatic heterocycles. The Hall–Kier alpha value is -0.770. The van der Waals surface area contributed by atoms with E-state index in [4.69, 9.17) is 40.6 Å². The topological polar surface area (TPSA) is 38.0 Å². The lowest BCUT2D eigenvalue weighted by Gasteiger charge is -2.17. The molecule has 0 aliphatic heterocycles. The Kier molecular flexibility index (Phi) is 5.08. The van der Waals surface area contributed by atoms with Crippen LogP contribution in [0.2, 0.25) is 15.1 Å². The molecule has 2 aromatic carbocycles. The fraction of sp³-hybridized carbons (Fsp3) is 0.143. The zero-order chi connectivity index (χ0) is 13.8. The summed E-state index contributed by atoms with van der Waals surface area (Å²) < 4.78 is 0. The van der Waals surface area contributed by atoms with Gasteiger partial charge in [-0.25, -0.2) is 0 Å². The van der Waals surface area contributed by atoms with Gasteiger partial charge in [0.25, 0.3) is 0 Å². The molecule has 0 spiro atoms. The molecular weight excluding hydrogens is 303 g/mol. The minimum Gasteiger partial charge on any atom is -0.271 e. The second kappa shape index (κ2) is 6.60.